The van der Waals surface area contributed by atoms with Crippen LogP contribution >= 0.6 is 22.9 Å². The van der Waals surface area contributed by atoms with Crippen molar-refractivity contribution in [3.63, 3.8) is 0 Å². The fourth-order valence-electron chi connectivity index (χ4n) is 5.03. The van der Waals surface area contributed by atoms with Crippen LogP contribution in [0.2, 0.25) is 5.15 Å². The molecule has 3 aliphatic rings. The van der Waals surface area contributed by atoms with Gasteiger partial charge in [0.25, 0.3) is 11.1 Å². The maximum Gasteiger partial charge on any atom is 0.295 e. The Kier molecular flexibility index (Phi) is 6.01. The number of nitrogens with one attached hydrogen (secondary N) is 1. The highest BCUT2D eigenvalue weighted by Gasteiger charge is 2.58. The lowest BCUT2D eigenvalue weighted by molar-refractivity contribution is -0.119. The number of aromatic nitrogens is 3. The number of nitrogens with zero attached hydrogens (tertiary/aromatic N) is 4. The van der Waals surface area contributed by atoms with E-state index in [0.717, 1.165) is 49.2 Å². The van der Waals surface area contributed by atoms with Gasteiger partial charge >= 0.3 is 0 Å². The van der Waals surface area contributed by atoms with Gasteiger partial charge < -0.3 is 19.1 Å². The largest absolute Gasteiger partial charge is 0.494 e. The Morgan fingerprint density at radius 1 is 1.30 bits per heavy atom. The number of likely N-dealkylation sites (N-methyl/N-ethyl adjacent to an activating group) is 1. The van der Waals surface area contributed by atoms with Crippen LogP contribution in [-0.2, 0) is 14.9 Å². The predicted octanol–water partition coefficient (Wildman–Crippen LogP) is 4.08. The summed E-state index contributed by atoms with van der Waals surface area (Å²) in [4.78, 5) is 32.4. The molecule has 2 aromatic heterocycles. The maximum absolute atomic E-state index is 13.6. The van der Waals surface area contributed by atoms with Crippen molar-refractivity contribution in [2.24, 2.45) is 0 Å². The standard InChI is InChI=1S/C25H24ClN5O5S/c1-31-18-9-16(21(32)28-23-29-30-24(37-23)36-12-13-4-3-7-35-13)14(8-17(18)25(5-6-25)22(31)33)15-10-20(26)27-11-19(15)34-2/h8-11,13H,3-7,12H2,1-2H3,(H,28,29,32). The molecule has 1 unspecified atom stereocenters. The van der Waals surface area contributed by atoms with Gasteiger partial charge in [0.15, 0.2) is 0 Å². The van der Waals surface area contributed by atoms with Crippen molar-refractivity contribution in [1.29, 1.82) is 0 Å². The Balaban J connectivity index is 1.35. The van der Waals surface area contributed by atoms with Crippen LogP contribution < -0.4 is 19.7 Å². The van der Waals surface area contributed by atoms with Crippen molar-refractivity contribution < 1.29 is 23.8 Å². The van der Waals surface area contributed by atoms with E-state index in [1.807, 2.05) is 6.07 Å². The van der Waals surface area contributed by atoms with Gasteiger partial charge in [0.1, 0.15) is 17.5 Å². The predicted molar refractivity (Wildman–Crippen MR) is 138 cm³/mol. The average molecular weight is 542 g/mol. The third-order valence-electron chi connectivity index (χ3n) is 7.11. The summed E-state index contributed by atoms with van der Waals surface area (Å²) in [7, 11) is 3.27. The number of rotatable bonds is 7. The van der Waals surface area contributed by atoms with Gasteiger partial charge in [-0.25, -0.2) is 4.98 Å². The van der Waals surface area contributed by atoms with Gasteiger partial charge in [-0.2, -0.15) is 0 Å². The number of anilines is 2. The molecule has 2 aliphatic heterocycles. The van der Waals surface area contributed by atoms with E-state index in [2.05, 4.69) is 20.5 Å². The molecule has 2 amide bonds. The van der Waals surface area contributed by atoms with Crippen LogP contribution in [0.4, 0.5) is 10.8 Å². The van der Waals surface area contributed by atoms with Crippen LogP contribution in [0.15, 0.2) is 24.4 Å². The molecule has 4 heterocycles. The van der Waals surface area contributed by atoms with E-state index >= 15 is 0 Å². The topological polar surface area (TPSA) is 116 Å². The smallest absolute Gasteiger partial charge is 0.295 e. The highest BCUT2D eigenvalue weighted by Crippen LogP contribution is 2.58. The van der Waals surface area contributed by atoms with Gasteiger partial charge in [0.2, 0.25) is 11.0 Å². The molecule has 3 aromatic rings. The van der Waals surface area contributed by atoms with Crippen molar-refractivity contribution in [1.82, 2.24) is 15.2 Å². The van der Waals surface area contributed by atoms with E-state index in [0.29, 0.717) is 45.1 Å². The van der Waals surface area contributed by atoms with Crippen LogP contribution in [0.5, 0.6) is 10.9 Å². The van der Waals surface area contributed by atoms with Gasteiger partial charge in [0, 0.05) is 30.5 Å². The first-order valence-corrected chi connectivity index (χ1v) is 13.1. The molecule has 192 valence electrons. The number of hydrogen-bond donors (Lipinski definition) is 1. The number of methoxy groups -OCH3 is 1. The number of ether oxygens (including phenoxy) is 3. The zero-order valence-electron chi connectivity index (χ0n) is 20.2. The van der Waals surface area contributed by atoms with Crippen LogP contribution in [0.3, 0.4) is 0 Å². The third kappa shape index (κ3) is 4.20. The molecule has 0 radical (unpaired) electrons. The minimum atomic E-state index is -0.521. The lowest BCUT2D eigenvalue weighted by atomic mass is 9.90. The summed E-state index contributed by atoms with van der Waals surface area (Å²) in [5.41, 5.74) is 2.63. The second-order valence-corrected chi connectivity index (χ2v) is 10.7. The summed E-state index contributed by atoms with van der Waals surface area (Å²) >= 11 is 7.36. The second-order valence-electron chi connectivity index (χ2n) is 9.34. The lowest BCUT2D eigenvalue weighted by Crippen LogP contribution is -2.28. The molecule has 1 aromatic carbocycles. The quantitative estimate of drug-likeness (QED) is 0.445. The van der Waals surface area contributed by atoms with E-state index < -0.39 is 11.3 Å². The van der Waals surface area contributed by atoms with Crippen LogP contribution in [0.1, 0.15) is 41.6 Å². The first-order valence-electron chi connectivity index (χ1n) is 12.0. The minimum Gasteiger partial charge on any atom is -0.494 e. The van der Waals surface area contributed by atoms with Crippen molar-refractivity contribution in [3.8, 4) is 22.1 Å². The number of hydrogen-bond acceptors (Lipinski definition) is 9. The van der Waals surface area contributed by atoms with Gasteiger partial charge in [-0.3, -0.25) is 14.9 Å². The lowest BCUT2D eigenvalue weighted by Gasteiger charge is -2.17. The minimum absolute atomic E-state index is 0.0443. The third-order valence-corrected chi connectivity index (χ3v) is 8.07. The van der Waals surface area contributed by atoms with E-state index in [1.54, 1.807) is 24.1 Å². The first-order chi connectivity index (χ1) is 17.9. The van der Waals surface area contributed by atoms with Crippen molar-refractivity contribution in [2.45, 2.75) is 37.2 Å². The van der Waals surface area contributed by atoms with E-state index in [4.69, 9.17) is 25.8 Å². The zero-order valence-corrected chi connectivity index (χ0v) is 21.8. The SMILES string of the molecule is COc1cnc(Cl)cc1-c1cc2c(cc1C(=O)Nc1nnc(OCC3CCCO3)s1)N(C)C(=O)C21CC1. The monoisotopic (exact) mass is 541 g/mol. The molecule has 1 atom stereocenters. The number of pyridine rings is 1. The number of fused-ring (bicyclic) bond motifs is 2. The molecule has 0 bridgehead atoms. The number of benzene rings is 1. The molecule has 12 heteroatoms. The molecule has 1 N–H and O–H groups in total. The summed E-state index contributed by atoms with van der Waals surface area (Å²) in [6.07, 6.45) is 5.09. The molecular formula is C25H24ClN5O5S. The second kappa shape index (κ2) is 9.23. The Bertz CT molecular complexity index is 1400. The molecular weight excluding hydrogens is 518 g/mol. The van der Waals surface area contributed by atoms with Crippen molar-refractivity contribution >= 4 is 45.6 Å². The van der Waals surface area contributed by atoms with Crippen LogP contribution in [0, 0.1) is 0 Å². The van der Waals surface area contributed by atoms with Gasteiger partial charge in [0.05, 0.1) is 24.8 Å². The number of carbonyl (C=O) groups is 2. The maximum atomic E-state index is 13.6. The zero-order chi connectivity index (χ0) is 25.7. The van der Waals surface area contributed by atoms with Gasteiger partial charge in [-0.1, -0.05) is 16.7 Å². The average Bonchev–Trinajstić information content (AvgIpc) is 3.22. The van der Waals surface area contributed by atoms with Crippen LogP contribution in [-0.4, -0.2) is 60.5 Å². The van der Waals surface area contributed by atoms with E-state index in [-0.39, 0.29) is 17.2 Å². The summed E-state index contributed by atoms with van der Waals surface area (Å²) in [5, 5.41) is 11.8. The summed E-state index contributed by atoms with van der Waals surface area (Å²) in [6.45, 7) is 1.13. The highest BCUT2D eigenvalue weighted by atomic mass is 35.5. The van der Waals surface area contributed by atoms with Crippen molar-refractivity contribution in [3.05, 3.63) is 40.7 Å². The molecule has 37 heavy (non-hydrogen) atoms. The summed E-state index contributed by atoms with van der Waals surface area (Å²) < 4.78 is 16.8. The van der Waals surface area contributed by atoms with Crippen LogP contribution in [0.25, 0.3) is 11.1 Å². The van der Waals surface area contributed by atoms with E-state index in [1.165, 1.54) is 13.3 Å². The normalized spacial score (nSPS) is 19.3. The Hall–Kier alpha value is -3.28. The van der Waals surface area contributed by atoms with Crippen molar-refractivity contribution in [2.75, 3.05) is 37.6 Å². The molecule has 1 saturated heterocycles. The number of carbonyl (C=O) groups excluding carboxylic acids is 2. The molecule has 10 nitrogen and oxygen atoms in total. The molecule has 1 aliphatic carbocycles. The fourth-order valence-corrected chi connectivity index (χ4v) is 5.78. The molecule has 1 spiro atoms. The first kappa shape index (κ1) is 24.1. The molecule has 2 fully saturated rings. The fraction of sp³-hybridized carbons (Fsp3) is 0.400. The van der Waals surface area contributed by atoms with E-state index in [9.17, 15) is 9.59 Å². The van der Waals surface area contributed by atoms with Gasteiger partial charge in [-0.05, 0) is 66.3 Å². The Morgan fingerprint density at radius 2 is 2.14 bits per heavy atom. The molecule has 6 rings (SSSR count). The Morgan fingerprint density at radius 3 is 2.86 bits per heavy atom. The Labute approximate surface area is 221 Å². The number of amides is 2. The summed E-state index contributed by atoms with van der Waals surface area (Å²) in [6, 6.07) is 5.30. The highest BCUT2D eigenvalue weighted by molar-refractivity contribution is 7.17. The van der Waals surface area contributed by atoms with Gasteiger partial charge in [-0.15, -0.1) is 5.10 Å². The number of halogens is 1. The summed E-state index contributed by atoms with van der Waals surface area (Å²) in [5.74, 6) is 0.0942. The molecule has 1 saturated carbocycles.